The summed E-state index contributed by atoms with van der Waals surface area (Å²) in [7, 11) is 0. The maximum absolute atomic E-state index is 12.8. The van der Waals surface area contributed by atoms with E-state index in [0.717, 1.165) is 5.57 Å². The minimum atomic E-state index is -0.807. The van der Waals surface area contributed by atoms with Crippen molar-refractivity contribution in [1.29, 1.82) is 0 Å². The maximum Gasteiger partial charge on any atom is 0.411 e. The molecule has 4 N–H and O–H groups in total. The third-order valence-corrected chi connectivity index (χ3v) is 8.94. The first kappa shape index (κ1) is 39.6. The van der Waals surface area contributed by atoms with Crippen molar-refractivity contribution < 1.29 is 34.4 Å². The van der Waals surface area contributed by atoms with E-state index in [1.54, 1.807) is 55.8 Å². The molecule has 1 amide bonds. The van der Waals surface area contributed by atoms with Crippen molar-refractivity contribution in [2.45, 2.75) is 98.8 Å². The highest BCUT2D eigenvalue weighted by molar-refractivity contribution is 5.88. The highest BCUT2D eigenvalue weighted by Gasteiger charge is 2.34. The largest absolute Gasteiger partial charge is 0.458 e. The molecule has 47 heavy (non-hydrogen) atoms. The maximum atomic E-state index is 12.8. The van der Waals surface area contributed by atoms with Gasteiger partial charge in [-0.2, -0.15) is 0 Å². The number of carbonyl (C=O) groups is 2. The molecule has 1 aliphatic rings. The van der Waals surface area contributed by atoms with Crippen LogP contribution in [0.25, 0.3) is 0 Å². The first-order chi connectivity index (χ1) is 22.1. The fourth-order valence-corrected chi connectivity index (χ4v) is 6.10. The van der Waals surface area contributed by atoms with E-state index >= 15 is 0 Å². The minimum absolute atomic E-state index is 0.0174. The quantitative estimate of drug-likeness (QED) is 0.0820. The SMILES string of the molecule is C=C/C=C\[C@H](C)[C@H](OC(=O)Nc1ccncc1)[C@@H](C)[C@H](O)[C@@H](C)C/C(C)=C\[C@H](C)[C@@H](O)[C@@H](C)/C=C\[C@@H](O)C[C@@H]1OC(=O)C(C)=C[C@H]1C. The molecule has 1 aliphatic heterocycles. The molecule has 2 rings (SSSR count). The van der Waals surface area contributed by atoms with Gasteiger partial charge in [0.25, 0.3) is 0 Å². The molecule has 0 saturated heterocycles. The van der Waals surface area contributed by atoms with Crippen molar-refractivity contribution in [3.8, 4) is 0 Å². The number of aliphatic hydroxyl groups is 3. The molecule has 0 aromatic carbocycles. The molecule has 0 spiro atoms. The Morgan fingerprint density at radius 2 is 1.70 bits per heavy atom. The Morgan fingerprint density at radius 1 is 1.04 bits per heavy atom. The van der Waals surface area contributed by atoms with Gasteiger partial charge < -0.3 is 24.8 Å². The average molecular weight is 653 g/mol. The van der Waals surface area contributed by atoms with Crippen LogP contribution < -0.4 is 5.32 Å². The molecule has 0 radical (unpaired) electrons. The van der Waals surface area contributed by atoms with Crippen molar-refractivity contribution in [2.75, 3.05) is 5.32 Å². The fourth-order valence-electron chi connectivity index (χ4n) is 6.10. The van der Waals surface area contributed by atoms with Gasteiger partial charge in [0, 0.05) is 59.7 Å². The smallest absolute Gasteiger partial charge is 0.411 e. The van der Waals surface area contributed by atoms with E-state index in [2.05, 4.69) is 16.9 Å². The number of aliphatic hydroxyl groups excluding tert-OH is 3. The molecule has 11 atom stereocenters. The zero-order chi connectivity index (χ0) is 35.3. The lowest BCUT2D eigenvalue weighted by Crippen LogP contribution is -2.41. The molecular weight excluding hydrogens is 596 g/mol. The summed E-state index contributed by atoms with van der Waals surface area (Å²) in [5.74, 6) is -1.48. The van der Waals surface area contributed by atoms with Gasteiger partial charge in [0.15, 0.2) is 0 Å². The number of anilines is 1. The summed E-state index contributed by atoms with van der Waals surface area (Å²) in [6.45, 7) is 19.0. The molecule has 0 unspecified atom stereocenters. The second kappa shape index (κ2) is 19.3. The second-order valence-corrected chi connectivity index (χ2v) is 13.3. The Bertz CT molecular complexity index is 1270. The van der Waals surface area contributed by atoms with Gasteiger partial charge in [-0.3, -0.25) is 10.3 Å². The molecule has 9 nitrogen and oxygen atoms in total. The lowest BCUT2D eigenvalue weighted by atomic mass is 9.81. The van der Waals surface area contributed by atoms with Gasteiger partial charge in [0.1, 0.15) is 12.2 Å². The van der Waals surface area contributed by atoms with Crippen LogP contribution >= 0.6 is 0 Å². The van der Waals surface area contributed by atoms with Gasteiger partial charge in [0.05, 0.1) is 18.3 Å². The molecule has 2 heterocycles. The van der Waals surface area contributed by atoms with E-state index < -0.39 is 36.6 Å². The summed E-state index contributed by atoms with van der Waals surface area (Å²) in [5.41, 5.74) is 2.17. The summed E-state index contributed by atoms with van der Waals surface area (Å²) in [5, 5.41) is 35.7. The first-order valence-corrected chi connectivity index (χ1v) is 16.6. The van der Waals surface area contributed by atoms with Gasteiger partial charge >= 0.3 is 12.1 Å². The zero-order valence-corrected chi connectivity index (χ0v) is 29.2. The number of hydrogen-bond acceptors (Lipinski definition) is 8. The summed E-state index contributed by atoms with van der Waals surface area (Å²) in [6, 6.07) is 3.34. The number of allylic oxidation sites excluding steroid dienone is 3. The predicted molar refractivity (Wildman–Crippen MR) is 186 cm³/mol. The van der Waals surface area contributed by atoms with Gasteiger partial charge in [-0.25, -0.2) is 9.59 Å². The van der Waals surface area contributed by atoms with E-state index in [-0.39, 0.29) is 47.9 Å². The number of esters is 1. The molecule has 9 heteroatoms. The fraction of sp³-hybridized carbons (Fsp3) is 0.553. The Morgan fingerprint density at radius 3 is 2.34 bits per heavy atom. The van der Waals surface area contributed by atoms with Gasteiger partial charge in [-0.1, -0.05) is 96.2 Å². The molecule has 1 aromatic heterocycles. The second-order valence-electron chi connectivity index (χ2n) is 13.3. The van der Waals surface area contributed by atoms with Crippen molar-refractivity contribution in [3.63, 3.8) is 0 Å². The van der Waals surface area contributed by atoms with Crippen molar-refractivity contribution in [1.82, 2.24) is 4.98 Å². The van der Waals surface area contributed by atoms with E-state index in [1.165, 1.54) is 0 Å². The van der Waals surface area contributed by atoms with Crippen LogP contribution in [-0.4, -0.2) is 62.9 Å². The Kier molecular flexibility index (Phi) is 16.3. The number of carbonyl (C=O) groups excluding carboxylic acids is 2. The number of pyridine rings is 1. The van der Waals surface area contributed by atoms with Crippen LogP contribution in [0.4, 0.5) is 10.5 Å². The van der Waals surface area contributed by atoms with Crippen LogP contribution in [0.2, 0.25) is 0 Å². The average Bonchev–Trinajstić information content (AvgIpc) is 3.03. The number of nitrogens with one attached hydrogen (secondary N) is 1. The van der Waals surface area contributed by atoms with E-state index in [4.69, 9.17) is 9.47 Å². The van der Waals surface area contributed by atoms with Crippen LogP contribution in [0, 0.1) is 35.5 Å². The van der Waals surface area contributed by atoms with Gasteiger partial charge in [-0.15, -0.1) is 0 Å². The highest BCUT2D eigenvalue weighted by Crippen LogP contribution is 2.30. The van der Waals surface area contributed by atoms with Crippen molar-refractivity contribution in [2.24, 2.45) is 35.5 Å². The van der Waals surface area contributed by atoms with Crippen LogP contribution in [0.5, 0.6) is 0 Å². The Balaban J connectivity index is 1.99. The molecule has 0 aliphatic carbocycles. The summed E-state index contributed by atoms with van der Waals surface area (Å²) < 4.78 is 11.3. The van der Waals surface area contributed by atoms with Crippen LogP contribution in [-0.2, 0) is 14.3 Å². The Hall–Kier alpha value is -3.53. The van der Waals surface area contributed by atoms with Crippen LogP contribution in [0.15, 0.2) is 84.8 Å². The number of hydrogen-bond donors (Lipinski definition) is 4. The van der Waals surface area contributed by atoms with E-state index in [0.29, 0.717) is 17.7 Å². The number of nitrogens with zero attached hydrogens (tertiary/aromatic N) is 1. The number of cyclic esters (lactones) is 1. The summed E-state index contributed by atoms with van der Waals surface area (Å²) in [4.78, 5) is 28.6. The molecule has 260 valence electrons. The molecule has 0 fully saturated rings. The first-order valence-electron chi connectivity index (χ1n) is 16.6. The normalized spacial score (nSPS) is 23.1. The molecule has 1 aromatic rings. The lowest BCUT2D eigenvalue weighted by molar-refractivity contribution is -0.149. The molecule has 0 saturated carbocycles. The number of ether oxygens (including phenoxy) is 2. The van der Waals surface area contributed by atoms with Gasteiger partial charge in [-0.05, 0) is 38.3 Å². The third kappa shape index (κ3) is 12.9. The third-order valence-electron chi connectivity index (χ3n) is 8.94. The highest BCUT2D eigenvalue weighted by atomic mass is 16.6. The topological polar surface area (TPSA) is 138 Å². The Labute approximate surface area is 281 Å². The zero-order valence-electron chi connectivity index (χ0n) is 29.2. The molecular formula is C38H56N2O7. The van der Waals surface area contributed by atoms with Crippen molar-refractivity contribution in [3.05, 3.63) is 84.8 Å². The molecule has 0 bridgehead atoms. The number of amides is 1. The number of rotatable bonds is 17. The van der Waals surface area contributed by atoms with Crippen LogP contribution in [0.1, 0.15) is 68.2 Å². The lowest BCUT2D eigenvalue weighted by Gasteiger charge is -2.34. The minimum Gasteiger partial charge on any atom is -0.458 e. The predicted octanol–water partition coefficient (Wildman–Crippen LogP) is 6.79. The standard InChI is InChI=1S/C38H56N2O7/c1-10-11-12-25(4)36(47-38(45)40-31-15-17-39-18-16-31)30(9)35(43)28(7)20-23(2)19-27(6)34(42)24(3)13-14-32(41)22-33-26(5)21-29(8)37(44)46-33/h10-19,21,24-28,30,32-36,41-43H,1,20,22H2,2-9H3,(H,39,40,45)/b12-11-,14-13-,23-19-/t24-,25-,26+,27-,28-,30-,32+,33-,34-,35+,36-/m0/s1. The summed E-state index contributed by atoms with van der Waals surface area (Å²) in [6.07, 6.45) is 12.8. The number of aromatic nitrogens is 1. The van der Waals surface area contributed by atoms with E-state index in [9.17, 15) is 24.9 Å². The van der Waals surface area contributed by atoms with Gasteiger partial charge in [0.2, 0.25) is 0 Å². The van der Waals surface area contributed by atoms with Crippen molar-refractivity contribution >= 4 is 17.7 Å². The monoisotopic (exact) mass is 652 g/mol. The summed E-state index contributed by atoms with van der Waals surface area (Å²) >= 11 is 0. The van der Waals surface area contributed by atoms with E-state index in [1.807, 2.05) is 66.7 Å². The van der Waals surface area contributed by atoms with Crippen LogP contribution in [0.3, 0.4) is 0 Å².